The van der Waals surface area contributed by atoms with Gasteiger partial charge in [0.15, 0.2) is 0 Å². The van der Waals surface area contributed by atoms with E-state index in [0.29, 0.717) is 10.6 Å². The molecule has 2 aromatic carbocycles. The first-order valence-corrected chi connectivity index (χ1v) is 10.4. The van der Waals surface area contributed by atoms with Crippen LogP contribution in [0, 0.1) is 13.8 Å². The van der Waals surface area contributed by atoms with Gasteiger partial charge in [-0.05, 0) is 73.5 Å². The lowest BCUT2D eigenvalue weighted by atomic mass is 10.1. The van der Waals surface area contributed by atoms with Crippen LogP contribution in [0.1, 0.15) is 29.4 Å². The summed E-state index contributed by atoms with van der Waals surface area (Å²) in [6.07, 6.45) is 2.78. The molecule has 5 heteroatoms. The molecule has 2 amide bonds. The van der Waals surface area contributed by atoms with Crippen molar-refractivity contribution in [2.75, 3.05) is 4.90 Å². The molecule has 0 bridgehead atoms. The van der Waals surface area contributed by atoms with Gasteiger partial charge in [-0.3, -0.25) is 9.59 Å². The molecule has 1 fully saturated rings. The van der Waals surface area contributed by atoms with E-state index in [1.807, 2.05) is 37.3 Å². The molecule has 0 N–H and O–H groups in total. The first kappa shape index (κ1) is 19.3. The first-order valence-electron chi connectivity index (χ1n) is 9.61. The number of hydrogen-bond acceptors (Lipinski definition) is 3. The second-order valence-electron chi connectivity index (χ2n) is 7.00. The first-order chi connectivity index (χ1) is 14.0. The number of carbonyl (C=O) groups excluding carboxylic acids is 2. The summed E-state index contributed by atoms with van der Waals surface area (Å²) >= 11 is 0.988. The number of amides is 2. The van der Waals surface area contributed by atoms with E-state index in [2.05, 4.69) is 42.7 Å². The lowest BCUT2D eigenvalue weighted by Gasteiger charge is -2.14. The Hall–Kier alpha value is -3.05. The van der Waals surface area contributed by atoms with Gasteiger partial charge in [-0.1, -0.05) is 43.3 Å². The van der Waals surface area contributed by atoms with Gasteiger partial charge in [0.1, 0.15) is 0 Å². The summed E-state index contributed by atoms with van der Waals surface area (Å²) in [6.45, 7) is 6.26. The minimum atomic E-state index is -0.273. The fraction of sp³-hybridized carbons (Fsp3) is 0.167. The average Bonchev–Trinajstić information content (AvgIpc) is 3.17. The van der Waals surface area contributed by atoms with E-state index < -0.39 is 0 Å². The predicted octanol–water partition coefficient (Wildman–Crippen LogP) is 5.90. The highest BCUT2D eigenvalue weighted by Crippen LogP contribution is 2.36. The van der Waals surface area contributed by atoms with Crippen molar-refractivity contribution in [3.05, 3.63) is 88.1 Å². The van der Waals surface area contributed by atoms with Crippen LogP contribution in [0.3, 0.4) is 0 Å². The highest BCUT2D eigenvalue weighted by atomic mass is 32.2. The second-order valence-corrected chi connectivity index (χ2v) is 7.99. The Balaban J connectivity index is 1.73. The van der Waals surface area contributed by atoms with E-state index in [0.717, 1.165) is 40.8 Å². The van der Waals surface area contributed by atoms with Gasteiger partial charge in [-0.25, -0.2) is 4.90 Å². The van der Waals surface area contributed by atoms with Crippen LogP contribution in [-0.4, -0.2) is 15.7 Å². The van der Waals surface area contributed by atoms with E-state index >= 15 is 0 Å². The van der Waals surface area contributed by atoms with Crippen molar-refractivity contribution in [1.82, 2.24) is 4.57 Å². The molecule has 0 aliphatic carbocycles. The standard InChI is InChI=1S/C24H22N2O2S/c1-4-18-10-8-9-13-21(18)25-16(2)14-19(17(25)3)15-22-23(27)26(24(28)29-22)20-11-6-5-7-12-20/h5-15H,4H2,1-3H3/b22-15-. The second kappa shape index (κ2) is 7.76. The molecular weight excluding hydrogens is 380 g/mol. The van der Waals surface area contributed by atoms with Crippen LogP contribution in [0.5, 0.6) is 0 Å². The smallest absolute Gasteiger partial charge is 0.298 e. The van der Waals surface area contributed by atoms with Crippen LogP contribution in [0.4, 0.5) is 10.5 Å². The van der Waals surface area contributed by atoms with Crippen molar-refractivity contribution < 1.29 is 9.59 Å². The molecule has 0 saturated carbocycles. The van der Waals surface area contributed by atoms with Crippen LogP contribution in [0.2, 0.25) is 0 Å². The summed E-state index contributed by atoms with van der Waals surface area (Å²) in [7, 11) is 0. The molecule has 146 valence electrons. The molecule has 0 spiro atoms. The van der Waals surface area contributed by atoms with Crippen molar-refractivity contribution in [1.29, 1.82) is 0 Å². The van der Waals surface area contributed by atoms with Crippen molar-refractivity contribution in [2.24, 2.45) is 0 Å². The number of thioether (sulfide) groups is 1. The summed E-state index contributed by atoms with van der Waals surface area (Å²) in [5.74, 6) is -0.273. The van der Waals surface area contributed by atoms with E-state index in [-0.39, 0.29) is 11.1 Å². The zero-order valence-corrected chi connectivity index (χ0v) is 17.5. The van der Waals surface area contributed by atoms with Crippen molar-refractivity contribution in [2.45, 2.75) is 27.2 Å². The molecular formula is C24H22N2O2S. The van der Waals surface area contributed by atoms with E-state index in [1.54, 1.807) is 12.1 Å². The van der Waals surface area contributed by atoms with Crippen molar-refractivity contribution in [3.63, 3.8) is 0 Å². The molecule has 0 radical (unpaired) electrons. The average molecular weight is 403 g/mol. The maximum absolute atomic E-state index is 12.9. The third-order valence-corrected chi connectivity index (χ3v) is 6.05. The van der Waals surface area contributed by atoms with Crippen LogP contribution in [0.15, 0.2) is 65.6 Å². The predicted molar refractivity (Wildman–Crippen MR) is 120 cm³/mol. The van der Waals surface area contributed by atoms with Crippen LogP contribution in [0.25, 0.3) is 11.8 Å². The Labute approximate surface area is 174 Å². The van der Waals surface area contributed by atoms with E-state index in [4.69, 9.17) is 0 Å². The monoisotopic (exact) mass is 402 g/mol. The Morgan fingerprint density at radius 2 is 1.66 bits per heavy atom. The Morgan fingerprint density at radius 1 is 0.966 bits per heavy atom. The Morgan fingerprint density at radius 3 is 2.38 bits per heavy atom. The number of hydrogen-bond donors (Lipinski definition) is 0. The van der Waals surface area contributed by atoms with Crippen LogP contribution in [-0.2, 0) is 11.2 Å². The lowest BCUT2D eigenvalue weighted by Crippen LogP contribution is -2.27. The minimum absolute atomic E-state index is 0.266. The Kier molecular flexibility index (Phi) is 5.16. The van der Waals surface area contributed by atoms with E-state index in [9.17, 15) is 9.59 Å². The van der Waals surface area contributed by atoms with E-state index in [1.165, 1.54) is 10.5 Å². The zero-order chi connectivity index (χ0) is 20.5. The van der Waals surface area contributed by atoms with Crippen LogP contribution >= 0.6 is 11.8 Å². The molecule has 4 rings (SSSR count). The summed E-state index contributed by atoms with van der Waals surface area (Å²) in [4.78, 5) is 27.1. The third-order valence-electron chi connectivity index (χ3n) is 5.18. The molecule has 1 aliphatic rings. The molecule has 3 aromatic rings. The molecule has 29 heavy (non-hydrogen) atoms. The molecule has 0 unspecified atom stereocenters. The quantitative estimate of drug-likeness (QED) is 0.511. The molecule has 1 saturated heterocycles. The van der Waals surface area contributed by atoms with Gasteiger partial charge < -0.3 is 4.57 Å². The summed E-state index contributed by atoms with van der Waals surface area (Å²) in [5.41, 5.74) is 6.12. The van der Waals surface area contributed by atoms with Gasteiger partial charge in [0.25, 0.3) is 11.1 Å². The number of para-hydroxylation sites is 2. The molecule has 1 aliphatic heterocycles. The molecule has 1 aromatic heterocycles. The maximum atomic E-state index is 12.9. The maximum Gasteiger partial charge on any atom is 0.298 e. The number of benzene rings is 2. The Bertz CT molecular complexity index is 1130. The number of imide groups is 1. The number of nitrogens with zero attached hydrogens (tertiary/aromatic N) is 2. The van der Waals surface area contributed by atoms with Gasteiger partial charge in [0.05, 0.1) is 10.6 Å². The number of rotatable bonds is 4. The third kappa shape index (κ3) is 3.42. The summed E-state index contributed by atoms with van der Waals surface area (Å²) < 4.78 is 2.21. The van der Waals surface area contributed by atoms with Gasteiger partial charge in [-0.2, -0.15) is 0 Å². The largest absolute Gasteiger partial charge is 0.318 e. The minimum Gasteiger partial charge on any atom is -0.318 e. The zero-order valence-electron chi connectivity index (χ0n) is 16.7. The van der Waals surface area contributed by atoms with Gasteiger partial charge >= 0.3 is 0 Å². The van der Waals surface area contributed by atoms with Gasteiger partial charge in [0, 0.05) is 17.1 Å². The lowest BCUT2D eigenvalue weighted by molar-refractivity contribution is -0.113. The number of aromatic nitrogens is 1. The molecule has 0 atom stereocenters. The highest BCUT2D eigenvalue weighted by molar-refractivity contribution is 8.19. The van der Waals surface area contributed by atoms with Gasteiger partial charge in [-0.15, -0.1) is 0 Å². The van der Waals surface area contributed by atoms with Crippen molar-refractivity contribution in [3.8, 4) is 5.69 Å². The topological polar surface area (TPSA) is 42.3 Å². The SMILES string of the molecule is CCc1ccccc1-n1c(C)cc(/C=C2\SC(=O)N(c3ccccc3)C2=O)c1C. The molecule has 4 nitrogen and oxygen atoms in total. The number of carbonyl (C=O) groups is 2. The fourth-order valence-corrected chi connectivity index (χ4v) is 4.57. The normalized spacial score (nSPS) is 15.6. The number of aryl methyl sites for hydroxylation is 2. The highest BCUT2D eigenvalue weighted by Gasteiger charge is 2.36. The number of anilines is 1. The fourth-order valence-electron chi connectivity index (χ4n) is 3.74. The molecule has 2 heterocycles. The van der Waals surface area contributed by atoms with Crippen LogP contribution < -0.4 is 4.90 Å². The summed E-state index contributed by atoms with van der Waals surface area (Å²) in [6, 6.07) is 19.5. The van der Waals surface area contributed by atoms with Crippen molar-refractivity contribution >= 4 is 34.7 Å². The summed E-state index contributed by atoms with van der Waals surface area (Å²) in [5, 5.41) is -0.266. The van der Waals surface area contributed by atoms with Gasteiger partial charge in [0.2, 0.25) is 0 Å².